The molecule has 0 radical (unpaired) electrons. The Balaban J connectivity index is 1.32. The molecule has 0 atom stereocenters. The molecule has 1 aliphatic heterocycles. The van der Waals surface area contributed by atoms with Gasteiger partial charge in [0.1, 0.15) is 0 Å². The standard InChI is InChI=1S/C19H28N8OS/c1-15-14-25-16(29-15)4-8-21-18(20-2)22-9-5-17(28)26-10-12-27(13-11-26)19-23-6-3-7-24-19/h3,6-7,14H,4-5,8-13H2,1-2H3,(H2,20,21,22). The average molecular weight is 417 g/mol. The van der Waals surface area contributed by atoms with Crippen LogP contribution in [0.1, 0.15) is 16.3 Å². The molecule has 2 aromatic rings. The van der Waals surface area contributed by atoms with Crippen LogP contribution in [-0.2, 0) is 11.2 Å². The van der Waals surface area contributed by atoms with Gasteiger partial charge in [0.2, 0.25) is 11.9 Å². The van der Waals surface area contributed by atoms with E-state index in [9.17, 15) is 4.79 Å². The highest BCUT2D eigenvalue weighted by Gasteiger charge is 2.22. The van der Waals surface area contributed by atoms with Crippen molar-refractivity contribution >= 4 is 29.2 Å². The van der Waals surface area contributed by atoms with Crippen molar-refractivity contribution in [3.8, 4) is 0 Å². The highest BCUT2D eigenvalue weighted by Crippen LogP contribution is 2.11. The lowest BCUT2D eigenvalue weighted by molar-refractivity contribution is -0.131. The molecule has 3 rings (SSSR count). The predicted molar refractivity (Wildman–Crippen MR) is 115 cm³/mol. The van der Waals surface area contributed by atoms with E-state index >= 15 is 0 Å². The molecule has 10 heteroatoms. The number of rotatable bonds is 7. The minimum absolute atomic E-state index is 0.153. The molecule has 2 aromatic heterocycles. The molecule has 1 aliphatic rings. The maximum absolute atomic E-state index is 12.5. The topological polar surface area (TPSA) is 98.6 Å². The molecule has 29 heavy (non-hydrogen) atoms. The van der Waals surface area contributed by atoms with Crippen LogP contribution in [0.25, 0.3) is 0 Å². The Labute approximate surface area is 175 Å². The molecule has 156 valence electrons. The van der Waals surface area contributed by atoms with Crippen molar-refractivity contribution < 1.29 is 4.79 Å². The van der Waals surface area contributed by atoms with Gasteiger partial charge in [0.25, 0.3) is 0 Å². The molecule has 2 N–H and O–H groups in total. The summed E-state index contributed by atoms with van der Waals surface area (Å²) in [5.41, 5.74) is 0. The monoisotopic (exact) mass is 416 g/mol. The molecule has 1 saturated heterocycles. The summed E-state index contributed by atoms with van der Waals surface area (Å²) < 4.78 is 0. The number of hydrogen-bond donors (Lipinski definition) is 2. The second-order valence-electron chi connectivity index (χ2n) is 6.71. The van der Waals surface area contributed by atoms with Crippen LogP contribution in [-0.4, -0.2) is 78.0 Å². The van der Waals surface area contributed by atoms with Crippen molar-refractivity contribution in [2.24, 2.45) is 4.99 Å². The second-order valence-corrected chi connectivity index (χ2v) is 8.03. The molecule has 0 aromatic carbocycles. The number of aryl methyl sites for hydroxylation is 1. The molecular weight excluding hydrogens is 388 g/mol. The molecule has 9 nitrogen and oxygen atoms in total. The molecular formula is C19H28N8OS. The van der Waals surface area contributed by atoms with Gasteiger partial charge in [0.05, 0.1) is 5.01 Å². The number of guanidine groups is 1. The van der Waals surface area contributed by atoms with E-state index in [1.807, 2.05) is 11.1 Å². The van der Waals surface area contributed by atoms with Crippen LogP contribution >= 0.6 is 11.3 Å². The molecule has 1 fully saturated rings. The maximum atomic E-state index is 12.5. The lowest BCUT2D eigenvalue weighted by Crippen LogP contribution is -2.50. The summed E-state index contributed by atoms with van der Waals surface area (Å²) in [5, 5.41) is 7.59. The number of hydrogen-bond acceptors (Lipinski definition) is 7. The first-order valence-corrected chi connectivity index (χ1v) is 10.6. The number of carbonyl (C=O) groups excluding carboxylic acids is 1. The lowest BCUT2D eigenvalue weighted by Gasteiger charge is -2.34. The summed E-state index contributed by atoms with van der Waals surface area (Å²) in [7, 11) is 1.73. The fraction of sp³-hybridized carbons (Fsp3) is 0.526. The maximum Gasteiger partial charge on any atom is 0.225 e. The number of anilines is 1. The molecule has 0 spiro atoms. The van der Waals surface area contributed by atoms with Crippen LogP contribution in [0.2, 0.25) is 0 Å². The van der Waals surface area contributed by atoms with E-state index in [0.29, 0.717) is 32.0 Å². The predicted octanol–water partition coefficient (Wildman–Crippen LogP) is 0.688. The zero-order valence-electron chi connectivity index (χ0n) is 17.0. The van der Waals surface area contributed by atoms with Gasteiger partial charge in [-0.05, 0) is 13.0 Å². The Bertz CT molecular complexity index is 802. The van der Waals surface area contributed by atoms with Gasteiger partial charge in [0, 0.05) is 82.6 Å². The van der Waals surface area contributed by atoms with Gasteiger partial charge < -0.3 is 20.4 Å². The number of thiazole rings is 1. The van der Waals surface area contributed by atoms with E-state index in [1.165, 1.54) is 4.88 Å². The van der Waals surface area contributed by atoms with Crippen LogP contribution in [0.15, 0.2) is 29.6 Å². The van der Waals surface area contributed by atoms with Crippen molar-refractivity contribution in [2.75, 3.05) is 51.2 Å². The first-order valence-electron chi connectivity index (χ1n) is 9.81. The van der Waals surface area contributed by atoms with Crippen LogP contribution in [0, 0.1) is 6.92 Å². The smallest absolute Gasteiger partial charge is 0.225 e. The van der Waals surface area contributed by atoms with E-state index < -0.39 is 0 Å². The minimum Gasteiger partial charge on any atom is -0.356 e. The highest BCUT2D eigenvalue weighted by molar-refractivity contribution is 7.11. The molecule has 0 aliphatic carbocycles. The van der Waals surface area contributed by atoms with Gasteiger partial charge in [0.15, 0.2) is 5.96 Å². The third-order valence-corrected chi connectivity index (χ3v) is 5.60. The van der Waals surface area contributed by atoms with E-state index in [-0.39, 0.29) is 5.91 Å². The fourth-order valence-corrected chi connectivity index (χ4v) is 3.87. The van der Waals surface area contributed by atoms with Crippen molar-refractivity contribution in [3.63, 3.8) is 0 Å². The van der Waals surface area contributed by atoms with Crippen molar-refractivity contribution in [3.05, 3.63) is 34.5 Å². The second kappa shape index (κ2) is 10.7. The van der Waals surface area contributed by atoms with Gasteiger partial charge in [-0.3, -0.25) is 9.79 Å². The molecule has 3 heterocycles. The molecule has 1 amide bonds. The van der Waals surface area contributed by atoms with Gasteiger partial charge in [-0.2, -0.15) is 0 Å². The van der Waals surface area contributed by atoms with E-state index in [4.69, 9.17) is 0 Å². The Kier molecular flexibility index (Phi) is 7.74. The number of aromatic nitrogens is 3. The number of amides is 1. The van der Waals surface area contributed by atoms with Crippen LogP contribution in [0.3, 0.4) is 0 Å². The zero-order valence-corrected chi connectivity index (χ0v) is 17.8. The molecule has 0 bridgehead atoms. The summed E-state index contributed by atoms with van der Waals surface area (Å²) in [4.78, 5) is 34.8. The summed E-state index contributed by atoms with van der Waals surface area (Å²) in [6, 6.07) is 1.80. The number of carbonyl (C=O) groups is 1. The number of nitrogens with zero attached hydrogens (tertiary/aromatic N) is 6. The third kappa shape index (κ3) is 6.38. The fourth-order valence-electron chi connectivity index (χ4n) is 3.08. The van der Waals surface area contributed by atoms with Crippen LogP contribution in [0.5, 0.6) is 0 Å². The van der Waals surface area contributed by atoms with E-state index in [1.54, 1.807) is 36.8 Å². The van der Waals surface area contributed by atoms with Gasteiger partial charge in [-0.15, -0.1) is 11.3 Å². The molecule has 0 saturated carbocycles. The zero-order chi connectivity index (χ0) is 20.5. The van der Waals surface area contributed by atoms with Gasteiger partial charge >= 0.3 is 0 Å². The van der Waals surface area contributed by atoms with Gasteiger partial charge in [-0.1, -0.05) is 0 Å². The Morgan fingerprint density at radius 1 is 1.14 bits per heavy atom. The SMILES string of the molecule is CN=C(NCCC(=O)N1CCN(c2ncccn2)CC1)NCCc1ncc(C)s1. The van der Waals surface area contributed by atoms with Crippen LogP contribution < -0.4 is 15.5 Å². The lowest BCUT2D eigenvalue weighted by atomic mass is 10.3. The Morgan fingerprint density at radius 2 is 1.86 bits per heavy atom. The summed E-state index contributed by atoms with van der Waals surface area (Å²) in [5.74, 6) is 1.58. The van der Waals surface area contributed by atoms with Crippen molar-refractivity contribution in [1.29, 1.82) is 0 Å². The first-order chi connectivity index (χ1) is 14.2. The minimum atomic E-state index is 0.153. The van der Waals surface area contributed by atoms with Gasteiger partial charge in [-0.25, -0.2) is 15.0 Å². The normalized spacial score (nSPS) is 14.8. The summed E-state index contributed by atoms with van der Waals surface area (Å²) >= 11 is 1.71. The largest absolute Gasteiger partial charge is 0.356 e. The van der Waals surface area contributed by atoms with Crippen molar-refractivity contribution in [2.45, 2.75) is 19.8 Å². The number of nitrogens with one attached hydrogen (secondary N) is 2. The summed E-state index contributed by atoms with van der Waals surface area (Å²) in [6.07, 6.45) is 6.67. The average Bonchev–Trinajstić information content (AvgIpc) is 3.18. The third-order valence-electron chi connectivity index (χ3n) is 4.62. The van der Waals surface area contributed by atoms with Crippen LogP contribution in [0.4, 0.5) is 5.95 Å². The number of aliphatic imine (C=N–C) groups is 1. The quantitative estimate of drug-likeness (QED) is 0.506. The highest BCUT2D eigenvalue weighted by atomic mass is 32.1. The number of piperazine rings is 1. The molecule has 0 unspecified atom stereocenters. The summed E-state index contributed by atoms with van der Waals surface area (Å²) in [6.45, 7) is 6.25. The van der Waals surface area contributed by atoms with E-state index in [0.717, 1.165) is 37.0 Å². The first kappa shape index (κ1) is 21.0. The Hall–Kier alpha value is -2.75. The Morgan fingerprint density at radius 3 is 2.52 bits per heavy atom. The van der Waals surface area contributed by atoms with E-state index in [2.05, 4.69) is 42.4 Å². The van der Waals surface area contributed by atoms with Crippen molar-refractivity contribution in [1.82, 2.24) is 30.5 Å².